The lowest BCUT2D eigenvalue weighted by Crippen LogP contribution is -2.09. The Bertz CT molecular complexity index is 1020. The molecular formula is C20H20N4S. The summed E-state index contributed by atoms with van der Waals surface area (Å²) >= 11 is 1.84. The fraction of sp³-hybridized carbons (Fsp3) is 0.350. The number of hydrogen-bond acceptors (Lipinski definition) is 5. The summed E-state index contributed by atoms with van der Waals surface area (Å²) in [5, 5.41) is 4.81. The van der Waals surface area contributed by atoms with Crippen molar-refractivity contribution >= 4 is 39.3 Å². The highest BCUT2D eigenvalue weighted by molar-refractivity contribution is 7.19. The summed E-state index contributed by atoms with van der Waals surface area (Å²) < 4.78 is 0. The van der Waals surface area contributed by atoms with Gasteiger partial charge in [0.25, 0.3) is 0 Å². The van der Waals surface area contributed by atoms with Crippen molar-refractivity contribution in [3.8, 4) is 0 Å². The lowest BCUT2D eigenvalue weighted by molar-refractivity contribution is 0.509. The van der Waals surface area contributed by atoms with E-state index in [0.717, 1.165) is 35.2 Å². The first kappa shape index (κ1) is 15.0. The molecule has 1 aliphatic carbocycles. The van der Waals surface area contributed by atoms with Crippen LogP contribution in [-0.2, 0) is 19.4 Å². The predicted octanol–water partition coefficient (Wildman–Crippen LogP) is 4.80. The molecule has 0 saturated heterocycles. The van der Waals surface area contributed by atoms with Crippen LogP contribution >= 0.6 is 11.3 Å². The predicted molar refractivity (Wildman–Crippen MR) is 104 cm³/mol. The molecule has 0 amide bonds. The van der Waals surface area contributed by atoms with Crippen molar-refractivity contribution in [3.05, 3.63) is 45.6 Å². The van der Waals surface area contributed by atoms with Crippen LogP contribution in [0.1, 0.15) is 40.5 Å². The van der Waals surface area contributed by atoms with Crippen molar-refractivity contribution in [1.82, 2.24) is 9.97 Å². The number of aliphatic imine (C=N–C) groups is 1. The Morgan fingerprint density at radius 3 is 3.08 bits per heavy atom. The van der Waals surface area contributed by atoms with Crippen LogP contribution in [0, 0.1) is 12.8 Å². The average molecular weight is 348 g/mol. The molecule has 0 fully saturated rings. The zero-order valence-electron chi connectivity index (χ0n) is 14.5. The Kier molecular flexibility index (Phi) is 3.38. The fourth-order valence-electron chi connectivity index (χ4n) is 3.92. The Balaban J connectivity index is 1.61. The minimum absolute atomic E-state index is 0.767. The van der Waals surface area contributed by atoms with Crippen LogP contribution < -0.4 is 5.32 Å². The average Bonchev–Trinajstić information content (AvgIpc) is 3.18. The number of thiophene rings is 1. The van der Waals surface area contributed by atoms with Crippen LogP contribution in [0.5, 0.6) is 0 Å². The lowest BCUT2D eigenvalue weighted by atomic mass is 9.89. The summed E-state index contributed by atoms with van der Waals surface area (Å²) in [5.41, 5.74) is 6.31. The molecule has 3 aromatic rings. The molecular weight excluding hydrogens is 328 g/mol. The van der Waals surface area contributed by atoms with Gasteiger partial charge in [0.2, 0.25) is 0 Å². The van der Waals surface area contributed by atoms with Gasteiger partial charge in [-0.1, -0.05) is 13.0 Å². The van der Waals surface area contributed by atoms with Gasteiger partial charge in [-0.05, 0) is 60.4 Å². The van der Waals surface area contributed by atoms with E-state index in [9.17, 15) is 0 Å². The van der Waals surface area contributed by atoms with Gasteiger partial charge >= 0.3 is 0 Å². The molecule has 1 aliphatic heterocycles. The number of nitrogens with one attached hydrogen (secondary N) is 1. The first-order chi connectivity index (χ1) is 12.2. The third-order valence-corrected chi connectivity index (χ3v) is 6.49. The zero-order chi connectivity index (χ0) is 17.0. The number of fused-ring (bicyclic) bond motifs is 4. The third kappa shape index (κ3) is 2.45. The minimum atomic E-state index is 0.767. The van der Waals surface area contributed by atoms with Crippen molar-refractivity contribution in [2.24, 2.45) is 10.9 Å². The Morgan fingerprint density at radius 2 is 2.16 bits per heavy atom. The van der Waals surface area contributed by atoms with Gasteiger partial charge in [0, 0.05) is 16.8 Å². The second-order valence-electron chi connectivity index (χ2n) is 7.21. The Morgan fingerprint density at radius 1 is 1.24 bits per heavy atom. The second kappa shape index (κ2) is 5.63. The smallest absolute Gasteiger partial charge is 0.142 e. The van der Waals surface area contributed by atoms with Crippen LogP contribution in [0.3, 0.4) is 0 Å². The molecule has 1 aromatic carbocycles. The number of benzene rings is 1. The van der Waals surface area contributed by atoms with E-state index in [-0.39, 0.29) is 0 Å². The van der Waals surface area contributed by atoms with Crippen molar-refractivity contribution in [3.63, 3.8) is 0 Å². The third-order valence-electron chi connectivity index (χ3n) is 5.32. The number of aryl methyl sites for hydroxylation is 2. The van der Waals surface area contributed by atoms with Crippen LogP contribution in [-0.4, -0.2) is 16.2 Å². The van der Waals surface area contributed by atoms with Crippen molar-refractivity contribution in [2.75, 3.05) is 5.32 Å². The highest BCUT2D eigenvalue weighted by Gasteiger charge is 2.23. The summed E-state index contributed by atoms with van der Waals surface area (Å²) in [5.74, 6) is 1.71. The minimum Gasteiger partial charge on any atom is -0.339 e. The van der Waals surface area contributed by atoms with E-state index >= 15 is 0 Å². The first-order valence-corrected chi connectivity index (χ1v) is 9.66. The largest absolute Gasteiger partial charge is 0.339 e. The Labute approximate surface area is 151 Å². The zero-order valence-corrected chi connectivity index (χ0v) is 15.3. The number of anilines is 2. The molecule has 0 saturated carbocycles. The molecule has 4 nitrogen and oxygen atoms in total. The molecule has 1 unspecified atom stereocenters. The van der Waals surface area contributed by atoms with Crippen molar-refractivity contribution < 1.29 is 0 Å². The van der Waals surface area contributed by atoms with Gasteiger partial charge in [-0.3, -0.25) is 4.99 Å². The summed E-state index contributed by atoms with van der Waals surface area (Å²) in [7, 11) is 0. The molecule has 0 spiro atoms. The molecule has 1 N–H and O–H groups in total. The van der Waals surface area contributed by atoms with E-state index in [2.05, 4.69) is 46.3 Å². The number of hydrogen-bond donors (Lipinski definition) is 1. The van der Waals surface area contributed by atoms with Gasteiger partial charge < -0.3 is 5.32 Å². The fourth-order valence-corrected chi connectivity index (χ4v) is 5.27. The lowest BCUT2D eigenvalue weighted by Gasteiger charge is -2.18. The van der Waals surface area contributed by atoms with Crippen molar-refractivity contribution in [2.45, 2.75) is 39.7 Å². The molecule has 2 aliphatic rings. The second-order valence-corrected chi connectivity index (χ2v) is 8.30. The SMILES string of the molecule is Cc1cc2c(cc1Nc1ncnc3sc4c(c13)CCC(C)C4)C=NC2. The normalized spacial score (nSPS) is 18.4. The van der Waals surface area contributed by atoms with Crippen LogP contribution in [0.2, 0.25) is 0 Å². The Hall–Kier alpha value is -2.27. The van der Waals surface area contributed by atoms with Gasteiger partial charge in [-0.15, -0.1) is 11.3 Å². The van der Waals surface area contributed by atoms with Crippen LogP contribution in [0.25, 0.3) is 10.2 Å². The summed E-state index contributed by atoms with van der Waals surface area (Å²) in [6, 6.07) is 4.42. The van der Waals surface area contributed by atoms with E-state index in [4.69, 9.17) is 0 Å². The number of nitrogens with zero attached hydrogens (tertiary/aromatic N) is 3. The maximum atomic E-state index is 4.59. The van der Waals surface area contributed by atoms with Gasteiger partial charge in [0.15, 0.2) is 0 Å². The number of aromatic nitrogens is 2. The maximum absolute atomic E-state index is 4.59. The summed E-state index contributed by atoms with van der Waals surface area (Å²) in [6.07, 6.45) is 7.20. The maximum Gasteiger partial charge on any atom is 0.142 e. The van der Waals surface area contributed by atoms with E-state index in [1.165, 1.54) is 45.4 Å². The molecule has 5 heteroatoms. The van der Waals surface area contributed by atoms with Gasteiger partial charge in [0.05, 0.1) is 11.9 Å². The quantitative estimate of drug-likeness (QED) is 0.723. The van der Waals surface area contributed by atoms with Crippen LogP contribution in [0.4, 0.5) is 11.5 Å². The molecule has 0 radical (unpaired) electrons. The molecule has 0 bridgehead atoms. The van der Waals surface area contributed by atoms with E-state index < -0.39 is 0 Å². The molecule has 1 atom stereocenters. The van der Waals surface area contributed by atoms with E-state index in [1.54, 1.807) is 6.33 Å². The van der Waals surface area contributed by atoms with Gasteiger partial charge in [-0.2, -0.15) is 0 Å². The summed E-state index contributed by atoms with van der Waals surface area (Å²) in [4.78, 5) is 16.1. The molecule has 126 valence electrons. The van der Waals surface area contributed by atoms with Crippen LogP contribution in [0.15, 0.2) is 23.5 Å². The number of rotatable bonds is 2. The van der Waals surface area contributed by atoms with Crippen molar-refractivity contribution in [1.29, 1.82) is 0 Å². The highest BCUT2D eigenvalue weighted by atomic mass is 32.1. The first-order valence-electron chi connectivity index (χ1n) is 8.84. The molecule has 3 heterocycles. The van der Waals surface area contributed by atoms with Gasteiger partial charge in [0.1, 0.15) is 17.0 Å². The standard InChI is InChI=1S/C20H20N4S/c1-11-3-4-15-17(5-11)25-20-18(15)19(22-10-23-20)24-16-7-14-9-21-8-13(14)6-12(16)2/h6-7,9-11H,3-5,8H2,1-2H3,(H,22,23,24). The molecule has 2 aromatic heterocycles. The highest BCUT2D eigenvalue weighted by Crippen LogP contribution is 2.40. The van der Waals surface area contributed by atoms with E-state index in [0.29, 0.717) is 0 Å². The van der Waals surface area contributed by atoms with Gasteiger partial charge in [-0.25, -0.2) is 9.97 Å². The van der Waals surface area contributed by atoms with E-state index in [1.807, 2.05) is 17.6 Å². The monoisotopic (exact) mass is 348 g/mol. The topological polar surface area (TPSA) is 50.2 Å². The summed E-state index contributed by atoms with van der Waals surface area (Å²) in [6.45, 7) is 5.28. The molecule has 25 heavy (non-hydrogen) atoms. The molecule has 5 rings (SSSR count).